The minimum Gasteiger partial charge on any atom is -0.290 e. The first-order valence-electron chi connectivity index (χ1n) is 1.73. The fraction of sp³-hybridized carbons (Fsp3) is 0.250. The Bertz CT molecular complexity index is 114. The molecule has 0 heterocycles. The lowest BCUT2D eigenvalue weighted by molar-refractivity contribution is 0.375. The number of carbonyl (C=O) groups excluding carboxylic acids is 1. The molecule has 0 aromatic rings. The lowest BCUT2D eigenvalue weighted by Gasteiger charge is -1.80. The van der Waals surface area contributed by atoms with Crippen LogP contribution in [-0.2, 0) is 4.79 Å². The summed E-state index contributed by atoms with van der Waals surface area (Å²) in [5, 5.41) is 0. The van der Waals surface area contributed by atoms with Crippen LogP contribution in [-0.4, -0.2) is 6.29 Å². The van der Waals surface area contributed by atoms with E-state index >= 15 is 0 Å². The van der Waals surface area contributed by atoms with E-state index in [1.807, 2.05) is 0 Å². The van der Waals surface area contributed by atoms with E-state index in [2.05, 4.69) is 0 Å². The van der Waals surface area contributed by atoms with Crippen LogP contribution in [0.3, 0.4) is 0 Å². The van der Waals surface area contributed by atoms with Gasteiger partial charge in [0.15, 0.2) is 5.83 Å². The molecule has 1 nitrogen and oxygen atoms in total. The molecule has 0 N–H and O–H groups in total. The van der Waals surface area contributed by atoms with Gasteiger partial charge in [0.05, 0.1) is 6.42 Å². The van der Waals surface area contributed by atoms with Gasteiger partial charge in [0, 0.05) is 0 Å². The normalized spacial score (nSPS) is 8.38. The summed E-state index contributed by atoms with van der Waals surface area (Å²) >= 11 is 0. The van der Waals surface area contributed by atoms with Crippen LogP contribution in [0.25, 0.3) is 0 Å². The van der Waals surface area contributed by atoms with Gasteiger partial charge in [0.1, 0.15) is 0 Å². The lowest BCUT2D eigenvalue weighted by atomic mass is 10.4. The van der Waals surface area contributed by atoms with Crippen molar-refractivity contribution in [1.29, 1.82) is 0 Å². The molecule has 0 fully saturated rings. The smallest absolute Gasteiger partial charge is 0.290 e. The van der Waals surface area contributed by atoms with Gasteiger partial charge < -0.3 is 0 Å². The van der Waals surface area contributed by atoms with Gasteiger partial charge in [-0.1, -0.05) is 0 Å². The van der Waals surface area contributed by atoms with E-state index in [1.54, 1.807) is 0 Å². The zero-order chi connectivity index (χ0) is 6.57. The van der Waals surface area contributed by atoms with Crippen molar-refractivity contribution in [2.75, 3.05) is 0 Å². The van der Waals surface area contributed by atoms with Gasteiger partial charge in [-0.25, -0.2) is 4.39 Å². The predicted octanol–water partition coefficient (Wildman–Crippen LogP) is 1.56. The summed E-state index contributed by atoms with van der Waals surface area (Å²) in [5.41, 5.74) is 0. The Morgan fingerprint density at radius 2 is 1.88 bits per heavy atom. The van der Waals surface area contributed by atoms with E-state index in [4.69, 9.17) is 0 Å². The van der Waals surface area contributed by atoms with Crippen molar-refractivity contribution >= 4 is 6.29 Å². The van der Waals surface area contributed by atoms with Crippen LogP contribution in [0.15, 0.2) is 11.9 Å². The molecule has 45 valence electrons. The zero-order valence-corrected chi connectivity index (χ0v) is 3.75. The van der Waals surface area contributed by atoms with Crippen molar-refractivity contribution in [2.45, 2.75) is 6.42 Å². The van der Waals surface area contributed by atoms with Gasteiger partial charge in [0.25, 0.3) is 0 Å². The maximum absolute atomic E-state index is 11.4. The quantitative estimate of drug-likeness (QED) is 0.544. The van der Waals surface area contributed by atoms with Gasteiger partial charge in [-0.05, 0) is 0 Å². The zero-order valence-electron chi connectivity index (χ0n) is 3.75. The molecule has 0 atom stereocenters. The van der Waals surface area contributed by atoms with Crippen LogP contribution in [0.1, 0.15) is 6.42 Å². The molecule has 4 heteroatoms. The molecule has 1 radical (unpaired) electrons. The first-order valence-corrected chi connectivity index (χ1v) is 1.73. The van der Waals surface area contributed by atoms with Gasteiger partial charge in [-0.3, -0.25) is 4.79 Å². The summed E-state index contributed by atoms with van der Waals surface area (Å²) in [7, 11) is 0. The topological polar surface area (TPSA) is 17.1 Å². The molecule has 0 amide bonds. The molecule has 0 spiro atoms. The summed E-state index contributed by atoms with van der Waals surface area (Å²) < 4.78 is 33.3. The van der Waals surface area contributed by atoms with Gasteiger partial charge in [-0.15, -0.1) is 0 Å². The molecular formula is C4H2F3O. The highest BCUT2D eigenvalue weighted by molar-refractivity contribution is 5.54. The first-order chi connectivity index (χ1) is 3.68. The third-order valence-corrected chi connectivity index (χ3v) is 0.432. The number of rotatable bonds is 2. The molecule has 0 aliphatic heterocycles. The van der Waals surface area contributed by atoms with Crippen LogP contribution < -0.4 is 0 Å². The third-order valence-electron chi connectivity index (χ3n) is 0.432. The van der Waals surface area contributed by atoms with Crippen LogP contribution in [0.5, 0.6) is 0 Å². The maximum atomic E-state index is 11.4. The second kappa shape index (κ2) is 3.23. The summed E-state index contributed by atoms with van der Waals surface area (Å²) in [6, 6.07) is 0. The number of hydrogen-bond acceptors (Lipinski definition) is 1. The van der Waals surface area contributed by atoms with E-state index < -0.39 is 18.3 Å². The Morgan fingerprint density at radius 3 is 2.00 bits per heavy atom. The van der Waals surface area contributed by atoms with Crippen molar-refractivity contribution in [1.82, 2.24) is 0 Å². The highest BCUT2D eigenvalue weighted by atomic mass is 19.3. The highest BCUT2D eigenvalue weighted by Gasteiger charge is 2.02. The number of hydrogen-bond donors (Lipinski definition) is 0. The fourth-order valence-electron chi connectivity index (χ4n) is 0.130. The largest absolute Gasteiger partial charge is 0.301 e. The predicted molar refractivity (Wildman–Crippen MR) is 20.7 cm³/mol. The van der Waals surface area contributed by atoms with Crippen LogP contribution in [0.4, 0.5) is 13.2 Å². The average molecular weight is 123 g/mol. The standard InChI is InChI=1S/C4H2F3O/c5-3(1-2-8)4(6)7/h1H2. The van der Waals surface area contributed by atoms with Crippen molar-refractivity contribution in [2.24, 2.45) is 0 Å². The summed E-state index contributed by atoms with van der Waals surface area (Å²) in [5.74, 6) is -1.71. The third kappa shape index (κ3) is 2.39. The summed E-state index contributed by atoms with van der Waals surface area (Å²) in [4.78, 5) is 9.19. The Kier molecular flexibility index (Phi) is 2.91. The van der Waals surface area contributed by atoms with Crippen molar-refractivity contribution in [3.63, 3.8) is 0 Å². The molecule has 0 unspecified atom stereocenters. The van der Waals surface area contributed by atoms with Gasteiger partial charge >= 0.3 is 6.08 Å². The van der Waals surface area contributed by atoms with Crippen LogP contribution in [0.2, 0.25) is 0 Å². The number of allylic oxidation sites excluding steroid dienone is 1. The van der Waals surface area contributed by atoms with E-state index in [1.165, 1.54) is 0 Å². The Balaban J connectivity index is 3.79. The van der Waals surface area contributed by atoms with Crippen molar-refractivity contribution in [3.05, 3.63) is 11.9 Å². The maximum Gasteiger partial charge on any atom is 0.301 e. The van der Waals surface area contributed by atoms with Crippen molar-refractivity contribution < 1.29 is 18.0 Å². The highest BCUT2D eigenvalue weighted by Crippen LogP contribution is 2.10. The molecule has 8 heavy (non-hydrogen) atoms. The summed E-state index contributed by atoms with van der Waals surface area (Å²) in [6.45, 7) is 0. The first kappa shape index (κ1) is 7.20. The summed E-state index contributed by atoms with van der Waals surface area (Å²) in [6.07, 6.45) is -2.42. The minimum absolute atomic E-state index is 0.956. The Morgan fingerprint density at radius 1 is 1.38 bits per heavy atom. The molecule has 0 aromatic heterocycles. The molecule has 0 aromatic carbocycles. The lowest BCUT2D eigenvalue weighted by Crippen LogP contribution is -1.76. The van der Waals surface area contributed by atoms with Crippen LogP contribution >= 0.6 is 0 Å². The Hall–Kier alpha value is -0.800. The van der Waals surface area contributed by atoms with Gasteiger partial charge in [0.2, 0.25) is 6.29 Å². The minimum atomic E-state index is -2.45. The molecule has 0 aliphatic carbocycles. The second-order valence-electron chi connectivity index (χ2n) is 0.986. The van der Waals surface area contributed by atoms with E-state index in [0.29, 0.717) is 0 Å². The average Bonchev–Trinajstić information content (AvgIpc) is 1.67. The molecule has 0 rings (SSSR count). The second-order valence-corrected chi connectivity index (χ2v) is 0.986. The van der Waals surface area contributed by atoms with Gasteiger partial charge in [-0.2, -0.15) is 8.78 Å². The molecular weight excluding hydrogens is 121 g/mol. The molecule has 0 bridgehead atoms. The van der Waals surface area contributed by atoms with E-state index in [-0.39, 0.29) is 0 Å². The molecule has 0 aliphatic rings. The van der Waals surface area contributed by atoms with E-state index in [9.17, 15) is 18.0 Å². The van der Waals surface area contributed by atoms with Crippen molar-refractivity contribution in [3.8, 4) is 0 Å². The Labute approximate surface area is 43.8 Å². The monoisotopic (exact) mass is 123 g/mol. The van der Waals surface area contributed by atoms with Crippen LogP contribution in [0, 0.1) is 0 Å². The molecule has 0 saturated carbocycles. The number of halogens is 3. The molecule has 0 saturated heterocycles. The SMILES string of the molecule is O=[C]CC(F)=C(F)F. The van der Waals surface area contributed by atoms with E-state index in [0.717, 1.165) is 6.29 Å². The fourth-order valence-corrected chi connectivity index (χ4v) is 0.130.